The van der Waals surface area contributed by atoms with Crippen LogP contribution in [0.1, 0.15) is 16.8 Å². The molecule has 1 saturated heterocycles. The molecule has 108 valence electrons. The number of benzene rings is 1. The van der Waals surface area contributed by atoms with Crippen molar-refractivity contribution < 1.29 is 19.4 Å². The van der Waals surface area contributed by atoms with E-state index in [0.29, 0.717) is 23.2 Å². The van der Waals surface area contributed by atoms with Crippen LogP contribution in [0.3, 0.4) is 0 Å². The molecule has 1 N–H and O–H groups in total. The molecular formula is C13H13BrINO4. The summed E-state index contributed by atoms with van der Waals surface area (Å²) in [4.78, 5) is 25.1. The minimum atomic E-state index is -0.931. The van der Waals surface area contributed by atoms with Gasteiger partial charge in [-0.3, -0.25) is 9.59 Å². The molecule has 0 spiro atoms. The molecule has 2 rings (SSSR count). The maximum absolute atomic E-state index is 12.6. The van der Waals surface area contributed by atoms with E-state index in [1.165, 1.54) is 0 Å². The van der Waals surface area contributed by atoms with Crippen LogP contribution >= 0.6 is 38.5 Å². The normalized spacial score (nSPS) is 18.9. The Morgan fingerprint density at radius 3 is 2.95 bits per heavy atom. The van der Waals surface area contributed by atoms with Crippen molar-refractivity contribution >= 4 is 50.4 Å². The van der Waals surface area contributed by atoms with E-state index in [1.54, 1.807) is 11.0 Å². The molecule has 0 aromatic heterocycles. The third kappa shape index (κ3) is 3.70. The summed E-state index contributed by atoms with van der Waals surface area (Å²) >= 11 is 5.51. The van der Waals surface area contributed by atoms with Crippen molar-refractivity contribution in [2.75, 3.05) is 19.8 Å². The summed E-state index contributed by atoms with van der Waals surface area (Å²) in [6, 6.07) is 5.09. The standard InChI is InChI=1S/C13H13BrINO4/c14-11-2-1-8(15)5-10(11)13(19)16-3-4-20-7-9(16)6-12(17)18/h1-2,5,9H,3-4,6-7H2,(H,17,18). The molecule has 1 aliphatic heterocycles. The molecule has 1 aromatic rings. The van der Waals surface area contributed by atoms with Gasteiger partial charge in [0.25, 0.3) is 5.91 Å². The number of carbonyl (C=O) groups is 2. The van der Waals surface area contributed by atoms with Crippen LogP contribution in [-0.4, -0.2) is 47.7 Å². The second-order valence-electron chi connectivity index (χ2n) is 4.45. The molecule has 5 nitrogen and oxygen atoms in total. The van der Waals surface area contributed by atoms with Gasteiger partial charge in [-0.1, -0.05) is 0 Å². The van der Waals surface area contributed by atoms with E-state index >= 15 is 0 Å². The Morgan fingerprint density at radius 2 is 2.25 bits per heavy atom. The molecule has 1 atom stereocenters. The zero-order valence-corrected chi connectivity index (χ0v) is 14.3. The number of carbonyl (C=O) groups excluding carboxylic acids is 1. The van der Waals surface area contributed by atoms with Crippen molar-refractivity contribution in [3.8, 4) is 0 Å². The molecular weight excluding hydrogens is 441 g/mol. The number of hydrogen-bond acceptors (Lipinski definition) is 3. The highest BCUT2D eigenvalue weighted by Gasteiger charge is 2.30. The quantitative estimate of drug-likeness (QED) is 0.713. The Morgan fingerprint density at radius 1 is 1.50 bits per heavy atom. The SMILES string of the molecule is O=C(O)CC1COCCN1C(=O)c1cc(I)ccc1Br. The maximum Gasteiger partial charge on any atom is 0.305 e. The molecule has 1 unspecified atom stereocenters. The first-order valence-corrected chi connectivity index (χ1v) is 7.92. The summed E-state index contributed by atoms with van der Waals surface area (Å²) in [6.45, 7) is 1.11. The van der Waals surface area contributed by atoms with Crippen molar-refractivity contribution in [2.24, 2.45) is 0 Å². The van der Waals surface area contributed by atoms with Crippen LogP contribution in [0.25, 0.3) is 0 Å². The molecule has 0 bridgehead atoms. The second-order valence-corrected chi connectivity index (χ2v) is 6.55. The van der Waals surface area contributed by atoms with Crippen LogP contribution in [0, 0.1) is 3.57 Å². The number of carboxylic acids is 1. The van der Waals surface area contributed by atoms with E-state index in [4.69, 9.17) is 9.84 Å². The Bertz CT molecular complexity index is 537. The number of ether oxygens (including phenoxy) is 1. The topological polar surface area (TPSA) is 66.8 Å². The number of amides is 1. The molecule has 1 fully saturated rings. The first kappa shape index (κ1) is 15.7. The molecule has 0 radical (unpaired) electrons. The monoisotopic (exact) mass is 453 g/mol. The molecule has 0 aliphatic carbocycles. The van der Waals surface area contributed by atoms with Gasteiger partial charge in [-0.05, 0) is 56.7 Å². The Labute approximate surface area is 138 Å². The zero-order valence-electron chi connectivity index (χ0n) is 10.5. The smallest absolute Gasteiger partial charge is 0.305 e. The lowest BCUT2D eigenvalue weighted by atomic mass is 10.1. The molecule has 20 heavy (non-hydrogen) atoms. The maximum atomic E-state index is 12.6. The third-order valence-electron chi connectivity index (χ3n) is 3.06. The van der Waals surface area contributed by atoms with E-state index in [9.17, 15) is 9.59 Å². The Kier molecular flexibility index (Phi) is 5.39. The van der Waals surface area contributed by atoms with Crippen LogP contribution in [-0.2, 0) is 9.53 Å². The Balaban J connectivity index is 2.25. The highest BCUT2D eigenvalue weighted by molar-refractivity contribution is 14.1. The van der Waals surface area contributed by atoms with Gasteiger partial charge in [-0.2, -0.15) is 0 Å². The first-order valence-electron chi connectivity index (χ1n) is 6.04. The van der Waals surface area contributed by atoms with Crippen molar-refractivity contribution in [3.63, 3.8) is 0 Å². The average molecular weight is 454 g/mol. The third-order valence-corrected chi connectivity index (χ3v) is 4.42. The molecule has 7 heteroatoms. The molecule has 1 aliphatic rings. The van der Waals surface area contributed by atoms with E-state index in [1.807, 2.05) is 12.1 Å². The number of aliphatic carboxylic acids is 1. The highest BCUT2D eigenvalue weighted by Crippen LogP contribution is 2.23. The lowest BCUT2D eigenvalue weighted by Crippen LogP contribution is -2.49. The van der Waals surface area contributed by atoms with Gasteiger partial charge in [-0.15, -0.1) is 0 Å². The predicted molar refractivity (Wildman–Crippen MR) is 84.8 cm³/mol. The van der Waals surface area contributed by atoms with E-state index < -0.39 is 12.0 Å². The van der Waals surface area contributed by atoms with Crippen molar-refractivity contribution in [1.29, 1.82) is 0 Å². The average Bonchev–Trinajstić information content (AvgIpc) is 2.41. The van der Waals surface area contributed by atoms with Gasteiger partial charge in [0.05, 0.1) is 31.2 Å². The predicted octanol–water partition coefficient (Wildman–Crippen LogP) is 2.37. The van der Waals surface area contributed by atoms with E-state index in [0.717, 1.165) is 3.57 Å². The summed E-state index contributed by atoms with van der Waals surface area (Å²) in [5.41, 5.74) is 0.550. The number of rotatable bonds is 3. The van der Waals surface area contributed by atoms with Crippen LogP contribution in [0.5, 0.6) is 0 Å². The van der Waals surface area contributed by atoms with Gasteiger partial charge in [0.15, 0.2) is 0 Å². The zero-order chi connectivity index (χ0) is 14.7. The first-order chi connectivity index (χ1) is 9.49. The lowest BCUT2D eigenvalue weighted by Gasteiger charge is -2.35. The second kappa shape index (κ2) is 6.86. The highest BCUT2D eigenvalue weighted by atomic mass is 127. The molecule has 1 heterocycles. The number of morpholine rings is 1. The summed E-state index contributed by atoms with van der Waals surface area (Å²) in [6.07, 6.45) is -0.104. The van der Waals surface area contributed by atoms with Crippen molar-refractivity contribution in [1.82, 2.24) is 4.90 Å². The number of carboxylic acid groups (broad SMARTS) is 1. The van der Waals surface area contributed by atoms with Gasteiger partial charge in [0.2, 0.25) is 0 Å². The lowest BCUT2D eigenvalue weighted by molar-refractivity contribution is -0.139. The van der Waals surface area contributed by atoms with Crippen LogP contribution < -0.4 is 0 Å². The van der Waals surface area contributed by atoms with Crippen LogP contribution in [0.4, 0.5) is 0 Å². The molecule has 0 saturated carbocycles. The van der Waals surface area contributed by atoms with Crippen molar-refractivity contribution in [2.45, 2.75) is 12.5 Å². The van der Waals surface area contributed by atoms with Crippen LogP contribution in [0.2, 0.25) is 0 Å². The fourth-order valence-corrected chi connectivity index (χ4v) is 3.02. The summed E-state index contributed by atoms with van der Waals surface area (Å²) in [5, 5.41) is 8.93. The minimum Gasteiger partial charge on any atom is -0.481 e. The largest absolute Gasteiger partial charge is 0.481 e. The minimum absolute atomic E-state index is 0.104. The molecule has 1 amide bonds. The molecule has 1 aromatic carbocycles. The Hall–Kier alpha value is -0.670. The summed E-state index contributed by atoms with van der Waals surface area (Å²) in [5.74, 6) is -1.09. The van der Waals surface area contributed by atoms with Crippen molar-refractivity contribution in [3.05, 3.63) is 31.8 Å². The van der Waals surface area contributed by atoms with E-state index in [2.05, 4.69) is 38.5 Å². The number of nitrogens with zero attached hydrogens (tertiary/aromatic N) is 1. The fourth-order valence-electron chi connectivity index (χ4n) is 2.11. The van der Waals surface area contributed by atoms with Crippen LogP contribution in [0.15, 0.2) is 22.7 Å². The number of hydrogen-bond donors (Lipinski definition) is 1. The number of halogens is 2. The van der Waals surface area contributed by atoms with Gasteiger partial charge < -0.3 is 14.7 Å². The van der Waals surface area contributed by atoms with Gasteiger partial charge in [0.1, 0.15) is 0 Å². The van der Waals surface area contributed by atoms with Gasteiger partial charge in [0, 0.05) is 14.6 Å². The van der Waals surface area contributed by atoms with Gasteiger partial charge in [-0.25, -0.2) is 0 Å². The fraction of sp³-hybridized carbons (Fsp3) is 0.385. The summed E-state index contributed by atoms with van der Waals surface area (Å²) < 4.78 is 6.95. The summed E-state index contributed by atoms with van der Waals surface area (Å²) in [7, 11) is 0. The van der Waals surface area contributed by atoms with E-state index in [-0.39, 0.29) is 18.9 Å². The van der Waals surface area contributed by atoms with Gasteiger partial charge >= 0.3 is 5.97 Å².